The van der Waals surface area contributed by atoms with Crippen molar-refractivity contribution in [3.8, 4) is 5.75 Å². The highest BCUT2D eigenvalue weighted by Crippen LogP contribution is 2.22. The molecule has 1 aromatic heterocycles. The normalized spacial score (nSPS) is 12.1. The lowest BCUT2D eigenvalue weighted by Crippen LogP contribution is -2.26. The molecule has 1 unspecified atom stereocenters. The number of carbonyl (C=O) groups is 1. The summed E-state index contributed by atoms with van der Waals surface area (Å²) < 4.78 is 5.48. The molecular weight excluding hydrogens is 266 g/mol. The summed E-state index contributed by atoms with van der Waals surface area (Å²) in [5, 5.41) is 12.6. The average Bonchev–Trinajstić information content (AvgIpc) is 2.77. The molecule has 0 saturated heterocycles. The van der Waals surface area contributed by atoms with Crippen molar-refractivity contribution in [3.05, 3.63) is 53.0 Å². The molecule has 2 N–H and O–H groups in total. The van der Waals surface area contributed by atoms with Crippen molar-refractivity contribution in [1.29, 1.82) is 0 Å². The molecule has 0 aliphatic rings. The van der Waals surface area contributed by atoms with Crippen LogP contribution in [0.3, 0.4) is 0 Å². The van der Waals surface area contributed by atoms with E-state index in [2.05, 4.69) is 5.32 Å². The van der Waals surface area contributed by atoms with Gasteiger partial charge in [-0.15, -0.1) is 0 Å². The highest BCUT2D eigenvalue weighted by Gasteiger charge is 2.15. The van der Waals surface area contributed by atoms with Gasteiger partial charge in [0.2, 0.25) is 5.91 Å². The van der Waals surface area contributed by atoms with Crippen LogP contribution in [0.1, 0.15) is 42.0 Å². The molecule has 1 heterocycles. The summed E-state index contributed by atoms with van der Waals surface area (Å²) in [5.74, 6) is 1.88. The summed E-state index contributed by atoms with van der Waals surface area (Å²) in [6.07, 6.45) is 0.867. The molecule has 0 fully saturated rings. The van der Waals surface area contributed by atoms with Crippen LogP contribution in [0.25, 0.3) is 0 Å². The topological polar surface area (TPSA) is 62.5 Å². The largest absolute Gasteiger partial charge is 0.508 e. The number of phenols is 1. The number of hydrogen-bond acceptors (Lipinski definition) is 3. The summed E-state index contributed by atoms with van der Waals surface area (Å²) in [6, 6.07) is 8.95. The summed E-state index contributed by atoms with van der Waals surface area (Å²) in [5.41, 5.74) is 1.79. The zero-order valence-corrected chi connectivity index (χ0v) is 12.6. The molecule has 2 rings (SSSR count). The average molecular weight is 287 g/mol. The minimum atomic E-state index is -0.0840. The summed E-state index contributed by atoms with van der Waals surface area (Å²) in [7, 11) is 0. The molecule has 112 valence electrons. The standard InChI is InChI=1S/C17H21NO3/c1-11-10-15(13(3)21-11)12(2)18-17(20)9-8-14-6-4-5-7-16(14)19/h4-7,10,12,19H,8-9H2,1-3H3,(H,18,20). The predicted molar refractivity (Wildman–Crippen MR) is 81.2 cm³/mol. The first-order valence-electron chi connectivity index (χ1n) is 7.10. The molecule has 4 heteroatoms. The highest BCUT2D eigenvalue weighted by atomic mass is 16.3. The fourth-order valence-corrected chi connectivity index (χ4v) is 2.44. The van der Waals surface area contributed by atoms with Gasteiger partial charge >= 0.3 is 0 Å². The highest BCUT2D eigenvalue weighted by molar-refractivity contribution is 5.76. The van der Waals surface area contributed by atoms with Crippen LogP contribution in [0.15, 0.2) is 34.7 Å². The maximum absolute atomic E-state index is 12.0. The van der Waals surface area contributed by atoms with Crippen LogP contribution in [-0.2, 0) is 11.2 Å². The minimum Gasteiger partial charge on any atom is -0.508 e. The van der Waals surface area contributed by atoms with E-state index in [0.717, 1.165) is 22.6 Å². The number of hydrogen-bond donors (Lipinski definition) is 2. The lowest BCUT2D eigenvalue weighted by molar-refractivity contribution is -0.121. The lowest BCUT2D eigenvalue weighted by Gasteiger charge is -2.13. The number of benzene rings is 1. The minimum absolute atomic E-state index is 0.0380. The van der Waals surface area contributed by atoms with Gasteiger partial charge in [0.25, 0.3) is 0 Å². The number of rotatable bonds is 5. The van der Waals surface area contributed by atoms with Gasteiger partial charge in [0.15, 0.2) is 0 Å². The number of furan rings is 1. The summed E-state index contributed by atoms with van der Waals surface area (Å²) in [4.78, 5) is 12.0. The van der Waals surface area contributed by atoms with Crippen LogP contribution >= 0.6 is 0 Å². The van der Waals surface area contributed by atoms with E-state index in [0.29, 0.717) is 12.8 Å². The third kappa shape index (κ3) is 3.88. The molecule has 21 heavy (non-hydrogen) atoms. The van der Waals surface area contributed by atoms with E-state index in [9.17, 15) is 9.90 Å². The van der Waals surface area contributed by atoms with Gasteiger partial charge in [-0.1, -0.05) is 18.2 Å². The van der Waals surface area contributed by atoms with Crippen LogP contribution in [-0.4, -0.2) is 11.0 Å². The predicted octanol–water partition coefficient (Wildman–Crippen LogP) is 3.41. The second kappa shape index (κ2) is 6.48. The van der Waals surface area contributed by atoms with E-state index in [4.69, 9.17) is 4.42 Å². The fraction of sp³-hybridized carbons (Fsp3) is 0.353. The van der Waals surface area contributed by atoms with Crippen LogP contribution < -0.4 is 5.32 Å². The van der Waals surface area contributed by atoms with E-state index >= 15 is 0 Å². The molecule has 0 bridgehead atoms. The number of aryl methyl sites for hydroxylation is 3. The Bertz CT molecular complexity index is 631. The Balaban J connectivity index is 1.90. The molecule has 1 amide bonds. The Hall–Kier alpha value is -2.23. The van der Waals surface area contributed by atoms with Gasteiger partial charge in [-0.05, 0) is 44.9 Å². The van der Waals surface area contributed by atoms with Crippen molar-refractivity contribution >= 4 is 5.91 Å². The van der Waals surface area contributed by atoms with Crippen LogP contribution in [0, 0.1) is 13.8 Å². The smallest absolute Gasteiger partial charge is 0.220 e. The molecule has 0 saturated carbocycles. The Kier molecular flexibility index (Phi) is 4.68. The van der Waals surface area contributed by atoms with Crippen molar-refractivity contribution in [1.82, 2.24) is 5.32 Å². The van der Waals surface area contributed by atoms with Gasteiger partial charge in [0, 0.05) is 12.0 Å². The van der Waals surface area contributed by atoms with Gasteiger partial charge in [-0.25, -0.2) is 0 Å². The first kappa shape index (κ1) is 15.2. The van der Waals surface area contributed by atoms with Crippen LogP contribution in [0.5, 0.6) is 5.75 Å². The quantitative estimate of drug-likeness (QED) is 0.885. The molecule has 1 atom stereocenters. The Morgan fingerprint density at radius 1 is 1.33 bits per heavy atom. The zero-order valence-electron chi connectivity index (χ0n) is 12.6. The molecule has 0 aliphatic carbocycles. The Labute approximate surface area is 124 Å². The Morgan fingerprint density at radius 3 is 2.67 bits per heavy atom. The fourth-order valence-electron chi connectivity index (χ4n) is 2.44. The van der Waals surface area contributed by atoms with E-state index < -0.39 is 0 Å². The van der Waals surface area contributed by atoms with Crippen molar-refractivity contribution in [3.63, 3.8) is 0 Å². The van der Waals surface area contributed by atoms with Crippen molar-refractivity contribution in [2.24, 2.45) is 0 Å². The van der Waals surface area contributed by atoms with Crippen molar-refractivity contribution < 1.29 is 14.3 Å². The van der Waals surface area contributed by atoms with E-state index in [1.54, 1.807) is 12.1 Å². The molecule has 2 aromatic rings. The van der Waals surface area contributed by atoms with Gasteiger partial charge in [-0.2, -0.15) is 0 Å². The van der Waals surface area contributed by atoms with Gasteiger partial charge < -0.3 is 14.8 Å². The number of phenolic OH excluding ortho intramolecular Hbond substituents is 1. The van der Waals surface area contributed by atoms with E-state index in [-0.39, 0.29) is 17.7 Å². The third-order valence-corrected chi connectivity index (χ3v) is 3.54. The maximum atomic E-state index is 12.0. The first-order chi connectivity index (χ1) is 9.97. The van der Waals surface area contributed by atoms with Gasteiger partial charge in [-0.3, -0.25) is 4.79 Å². The number of nitrogens with one attached hydrogen (secondary N) is 1. The monoisotopic (exact) mass is 287 g/mol. The number of amides is 1. The number of aromatic hydroxyl groups is 1. The molecule has 0 radical (unpaired) electrons. The second-order valence-electron chi connectivity index (χ2n) is 5.29. The number of carbonyl (C=O) groups excluding carboxylic acids is 1. The third-order valence-electron chi connectivity index (χ3n) is 3.54. The molecule has 1 aromatic carbocycles. The SMILES string of the molecule is Cc1cc(C(C)NC(=O)CCc2ccccc2O)c(C)o1. The van der Waals surface area contributed by atoms with Gasteiger partial charge in [0.1, 0.15) is 17.3 Å². The lowest BCUT2D eigenvalue weighted by atomic mass is 10.1. The number of para-hydroxylation sites is 1. The van der Waals surface area contributed by atoms with Crippen LogP contribution in [0.2, 0.25) is 0 Å². The van der Waals surface area contributed by atoms with E-state index in [1.165, 1.54) is 0 Å². The zero-order chi connectivity index (χ0) is 15.4. The maximum Gasteiger partial charge on any atom is 0.220 e. The Morgan fingerprint density at radius 2 is 2.05 bits per heavy atom. The van der Waals surface area contributed by atoms with E-state index in [1.807, 2.05) is 39.0 Å². The summed E-state index contributed by atoms with van der Waals surface area (Å²) >= 11 is 0. The molecule has 0 spiro atoms. The second-order valence-corrected chi connectivity index (χ2v) is 5.29. The van der Waals surface area contributed by atoms with Crippen LogP contribution in [0.4, 0.5) is 0 Å². The summed E-state index contributed by atoms with van der Waals surface area (Å²) in [6.45, 7) is 5.73. The first-order valence-corrected chi connectivity index (χ1v) is 7.10. The molecular formula is C17H21NO3. The molecule has 4 nitrogen and oxygen atoms in total. The van der Waals surface area contributed by atoms with Crippen molar-refractivity contribution in [2.45, 2.75) is 39.7 Å². The van der Waals surface area contributed by atoms with Crippen molar-refractivity contribution in [2.75, 3.05) is 0 Å². The molecule has 0 aliphatic heterocycles. The van der Waals surface area contributed by atoms with Gasteiger partial charge in [0.05, 0.1) is 6.04 Å².